The van der Waals surface area contributed by atoms with Crippen LogP contribution in [0.25, 0.3) is 0 Å². The predicted molar refractivity (Wildman–Crippen MR) is 68.3 cm³/mol. The van der Waals surface area contributed by atoms with Gasteiger partial charge < -0.3 is 5.32 Å². The highest BCUT2D eigenvalue weighted by Crippen LogP contribution is 2.27. The Morgan fingerprint density at radius 2 is 2.35 bits per heavy atom. The van der Waals surface area contributed by atoms with Crippen LogP contribution in [-0.4, -0.2) is 35.0 Å². The number of thiophene rings is 1. The summed E-state index contributed by atoms with van der Waals surface area (Å²) in [5, 5.41) is 14.2. The molecule has 2 heterocycles. The van der Waals surface area contributed by atoms with Gasteiger partial charge >= 0.3 is 5.00 Å². The van der Waals surface area contributed by atoms with Crippen molar-refractivity contribution in [1.82, 2.24) is 10.2 Å². The minimum atomic E-state index is -0.322. The molecular weight excluding hydrogens is 238 g/mol. The molecule has 0 aromatic carbocycles. The third-order valence-electron chi connectivity index (χ3n) is 3.15. The molecule has 1 aromatic heterocycles. The first-order valence-electron chi connectivity index (χ1n) is 5.68. The summed E-state index contributed by atoms with van der Waals surface area (Å²) in [7, 11) is 0. The molecule has 0 radical (unpaired) electrons. The second-order valence-corrected chi connectivity index (χ2v) is 6.05. The molecule has 0 spiro atoms. The van der Waals surface area contributed by atoms with Gasteiger partial charge in [-0.15, -0.1) is 0 Å². The normalized spacial score (nSPS) is 20.4. The number of piperazine rings is 1. The summed E-state index contributed by atoms with van der Waals surface area (Å²) in [5.41, 5.74) is 0.108. The maximum atomic E-state index is 10.6. The molecule has 1 saturated heterocycles. The summed E-state index contributed by atoms with van der Waals surface area (Å²) in [6, 6.07) is 3.45. The van der Waals surface area contributed by atoms with E-state index in [2.05, 4.69) is 24.1 Å². The van der Waals surface area contributed by atoms with Gasteiger partial charge in [-0.3, -0.25) is 15.0 Å². The van der Waals surface area contributed by atoms with E-state index in [-0.39, 0.29) is 15.5 Å². The van der Waals surface area contributed by atoms with Gasteiger partial charge in [0, 0.05) is 42.7 Å². The van der Waals surface area contributed by atoms with Crippen LogP contribution < -0.4 is 5.32 Å². The summed E-state index contributed by atoms with van der Waals surface area (Å²) in [5.74, 6) is 0. The van der Waals surface area contributed by atoms with Gasteiger partial charge in [0.15, 0.2) is 0 Å². The third-order valence-corrected chi connectivity index (χ3v) is 4.17. The minimum Gasteiger partial charge on any atom is -0.314 e. The van der Waals surface area contributed by atoms with Crippen molar-refractivity contribution in [3.63, 3.8) is 0 Å². The van der Waals surface area contributed by atoms with Crippen LogP contribution >= 0.6 is 11.3 Å². The number of hydrogen-bond donors (Lipinski definition) is 1. The fourth-order valence-corrected chi connectivity index (χ4v) is 2.89. The molecule has 1 N–H and O–H groups in total. The van der Waals surface area contributed by atoms with E-state index in [0.29, 0.717) is 0 Å². The average molecular weight is 255 g/mol. The zero-order valence-electron chi connectivity index (χ0n) is 10.1. The lowest BCUT2D eigenvalue weighted by molar-refractivity contribution is -0.380. The number of nitrogens with zero attached hydrogens (tertiary/aromatic N) is 2. The average Bonchev–Trinajstić information content (AvgIpc) is 2.70. The van der Waals surface area contributed by atoms with Crippen LogP contribution in [0.5, 0.6) is 0 Å². The van der Waals surface area contributed by atoms with Crippen LogP contribution in [0.2, 0.25) is 0 Å². The number of rotatable bonds is 3. The maximum Gasteiger partial charge on any atom is 0.324 e. The van der Waals surface area contributed by atoms with Crippen molar-refractivity contribution >= 4 is 16.3 Å². The molecule has 0 saturated carbocycles. The number of nitro groups is 1. The molecule has 0 atom stereocenters. The van der Waals surface area contributed by atoms with E-state index in [0.717, 1.165) is 31.1 Å². The van der Waals surface area contributed by atoms with E-state index in [9.17, 15) is 10.1 Å². The standard InChI is InChI=1S/C11H17N3O2S/c1-11(2)8-12-5-6-13(11)7-9-3-4-10(17-9)14(15)16/h3-4,12H,5-8H2,1-2H3. The minimum absolute atomic E-state index is 0.108. The Labute approximate surface area is 105 Å². The highest BCUT2D eigenvalue weighted by molar-refractivity contribution is 7.15. The van der Waals surface area contributed by atoms with Crippen LogP contribution in [0.3, 0.4) is 0 Å². The van der Waals surface area contributed by atoms with Gasteiger partial charge in [0.25, 0.3) is 0 Å². The first kappa shape index (κ1) is 12.5. The van der Waals surface area contributed by atoms with Gasteiger partial charge in [-0.25, -0.2) is 0 Å². The second-order valence-electron chi connectivity index (χ2n) is 4.91. The zero-order chi connectivity index (χ0) is 12.5. The Morgan fingerprint density at radius 1 is 1.59 bits per heavy atom. The van der Waals surface area contributed by atoms with Gasteiger partial charge in [0.05, 0.1) is 4.92 Å². The van der Waals surface area contributed by atoms with Crippen molar-refractivity contribution in [3.8, 4) is 0 Å². The lowest BCUT2D eigenvalue weighted by atomic mass is 10.0. The fourth-order valence-electron chi connectivity index (χ4n) is 2.05. The lowest BCUT2D eigenvalue weighted by Gasteiger charge is -2.42. The van der Waals surface area contributed by atoms with Gasteiger partial charge in [0.2, 0.25) is 0 Å². The maximum absolute atomic E-state index is 10.6. The van der Waals surface area contributed by atoms with E-state index in [1.54, 1.807) is 6.07 Å². The van der Waals surface area contributed by atoms with E-state index in [4.69, 9.17) is 0 Å². The lowest BCUT2D eigenvalue weighted by Crippen LogP contribution is -2.57. The van der Waals surface area contributed by atoms with E-state index < -0.39 is 0 Å². The van der Waals surface area contributed by atoms with Crippen molar-refractivity contribution in [1.29, 1.82) is 0 Å². The Kier molecular flexibility index (Phi) is 3.46. The topological polar surface area (TPSA) is 58.4 Å². The molecule has 1 fully saturated rings. The van der Waals surface area contributed by atoms with Crippen LogP contribution in [-0.2, 0) is 6.54 Å². The smallest absolute Gasteiger partial charge is 0.314 e. The fraction of sp³-hybridized carbons (Fsp3) is 0.636. The number of nitrogens with one attached hydrogen (secondary N) is 1. The van der Waals surface area contributed by atoms with E-state index >= 15 is 0 Å². The molecule has 1 aromatic rings. The van der Waals surface area contributed by atoms with Gasteiger partial charge in [-0.2, -0.15) is 0 Å². The molecule has 1 aliphatic heterocycles. The highest BCUT2D eigenvalue weighted by Gasteiger charge is 2.29. The highest BCUT2D eigenvalue weighted by atomic mass is 32.1. The molecule has 0 unspecified atom stereocenters. The third kappa shape index (κ3) is 2.83. The SMILES string of the molecule is CC1(C)CNCCN1Cc1ccc([N+](=O)[O-])s1. The van der Waals surface area contributed by atoms with E-state index in [1.165, 1.54) is 11.3 Å². The predicted octanol–water partition coefficient (Wildman–Crippen LogP) is 1.84. The molecule has 6 heteroatoms. The summed E-state index contributed by atoms with van der Waals surface area (Å²) < 4.78 is 0. The Hall–Kier alpha value is -0.980. The van der Waals surface area contributed by atoms with Crippen molar-refractivity contribution in [2.24, 2.45) is 0 Å². The molecule has 1 aliphatic rings. The monoisotopic (exact) mass is 255 g/mol. The molecule has 17 heavy (non-hydrogen) atoms. The first-order valence-corrected chi connectivity index (χ1v) is 6.49. The van der Waals surface area contributed by atoms with Crippen molar-refractivity contribution in [2.75, 3.05) is 19.6 Å². The summed E-state index contributed by atoms with van der Waals surface area (Å²) in [6.45, 7) is 8.12. The van der Waals surface area contributed by atoms with Crippen molar-refractivity contribution in [2.45, 2.75) is 25.9 Å². The second kappa shape index (κ2) is 4.72. The van der Waals surface area contributed by atoms with Gasteiger partial charge in [-0.05, 0) is 19.9 Å². The Balaban J connectivity index is 2.06. The summed E-state index contributed by atoms with van der Waals surface area (Å²) >= 11 is 1.27. The molecule has 5 nitrogen and oxygen atoms in total. The summed E-state index contributed by atoms with van der Waals surface area (Å²) in [4.78, 5) is 13.7. The molecule has 0 aliphatic carbocycles. The first-order chi connectivity index (χ1) is 7.99. The Bertz CT molecular complexity index is 417. The largest absolute Gasteiger partial charge is 0.324 e. The zero-order valence-corrected chi connectivity index (χ0v) is 10.9. The molecule has 2 rings (SSSR count). The van der Waals surface area contributed by atoms with Crippen molar-refractivity contribution < 1.29 is 4.92 Å². The van der Waals surface area contributed by atoms with Crippen LogP contribution in [0.15, 0.2) is 12.1 Å². The quantitative estimate of drug-likeness (QED) is 0.661. The molecule has 94 valence electrons. The molecule has 0 amide bonds. The van der Waals surface area contributed by atoms with Crippen molar-refractivity contribution in [3.05, 3.63) is 27.1 Å². The molecular formula is C11H17N3O2S. The van der Waals surface area contributed by atoms with Gasteiger partial charge in [-0.1, -0.05) is 11.3 Å². The van der Waals surface area contributed by atoms with Crippen LogP contribution in [0, 0.1) is 10.1 Å². The molecule has 0 bridgehead atoms. The van der Waals surface area contributed by atoms with Gasteiger partial charge in [0.1, 0.15) is 0 Å². The van der Waals surface area contributed by atoms with Crippen LogP contribution in [0.4, 0.5) is 5.00 Å². The number of hydrogen-bond acceptors (Lipinski definition) is 5. The van der Waals surface area contributed by atoms with E-state index in [1.807, 2.05) is 6.07 Å². The summed E-state index contributed by atoms with van der Waals surface area (Å²) in [6.07, 6.45) is 0. The van der Waals surface area contributed by atoms with Crippen LogP contribution in [0.1, 0.15) is 18.7 Å². The Morgan fingerprint density at radius 3 is 2.94 bits per heavy atom.